The van der Waals surface area contributed by atoms with E-state index >= 15 is 0 Å². The van der Waals surface area contributed by atoms with Crippen LogP contribution in [0.3, 0.4) is 0 Å². The minimum atomic E-state index is -1.75. The van der Waals surface area contributed by atoms with E-state index in [1.165, 1.54) is 11.3 Å². The molecule has 43 heavy (non-hydrogen) atoms. The minimum Gasteiger partial charge on any atom is -0.462 e. The molecule has 0 saturated heterocycles. The number of carbonyl (C=O) groups is 6. The van der Waals surface area contributed by atoms with E-state index in [0.717, 1.165) is 58.2 Å². The second-order valence-corrected chi connectivity index (χ2v) is 10.3. The minimum absolute atomic E-state index is 0.266. The Labute approximate surface area is 249 Å². The average Bonchev–Trinajstić information content (AvgIpc) is 3.15. The summed E-state index contributed by atoms with van der Waals surface area (Å²) in [4.78, 5) is 93.1. The second-order valence-electron chi connectivity index (χ2n) is 9.12. The summed E-state index contributed by atoms with van der Waals surface area (Å²) in [5, 5.41) is 5.09. The number of nitrogens with zero attached hydrogens (tertiary/aromatic N) is 3. The van der Waals surface area contributed by atoms with Crippen molar-refractivity contribution in [1.29, 1.82) is 0 Å². The SMILES string of the molecule is CC(=O)OC[C@@H](OC(C)=O)[C@@H](OC(C)=O)[C@H](OC(C)=O)[C@@H](/C=N/N(C(C)=O)c1nc2sc(C)c(C)c2c(=O)[nH]1)OC(C)=O. The van der Waals surface area contributed by atoms with Gasteiger partial charge in [0.25, 0.3) is 5.56 Å². The number of rotatable bonds is 12. The number of ether oxygens (including phenoxy) is 5. The van der Waals surface area contributed by atoms with E-state index in [9.17, 15) is 33.6 Å². The summed E-state index contributed by atoms with van der Waals surface area (Å²) in [5.74, 6) is -5.41. The van der Waals surface area contributed by atoms with Gasteiger partial charge in [0, 0.05) is 46.4 Å². The van der Waals surface area contributed by atoms with Gasteiger partial charge in [-0.15, -0.1) is 11.3 Å². The first-order chi connectivity index (χ1) is 20.0. The molecule has 0 aliphatic rings. The van der Waals surface area contributed by atoms with Gasteiger partial charge in [-0.1, -0.05) is 0 Å². The summed E-state index contributed by atoms with van der Waals surface area (Å²) in [7, 11) is 0. The number of esters is 5. The van der Waals surface area contributed by atoms with Crippen LogP contribution >= 0.6 is 11.3 Å². The van der Waals surface area contributed by atoms with Crippen molar-refractivity contribution in [3.05, 3.63) is 20.8 Å². The lowest BCUT2D eigenvalue weighted by Crippen LogP contribution is -2.53. The summed E-state index contributed by atoms with van der Waals surface area (Å²) in [5.41, 5.74) is 0.201. The van der Waals surface area contributed by atoms with Crippen molar-refractivity contribution in [1.82, 2.24) is 9.97 Å². The van der Waals surface area contributed by atoms with E-state index in [-0.39, 0.29) is 5.95 Å². The van der Waals surface area contributed by atoms with Crippen LogP contribution in [0.2, 0.25) is 0 Å². The number of aryl methyl sites for hydroxylation is 2. The number of aromatic amines is 1. The zero-order chi connectivity index (χ0) is 32.6. The molecule has 17 heteroatoms. The van der Waals surface area contributed by atoms with Gasteiger partial charge in [-0.25, -0.2) is 4.98 Å². The number of hydrogen-bond acceptors (Lipinski definition) is 15. The standard InChI is InChI=1S/C26H32N4O12S/c1-11-12(2)43-25-21(11)24(37)28-26(29-25)30(13(3)31)27-9-19(39-15(5)33)22(41-17(7)35)23(42-18(8)36)20(40-16(6)34)10-38-14(4)32/h9,19-20,22-23H,10H2,1-8H3,(H,28,29,37)/b27-9+/t19-,20-,22-,23-/m1/s1. The Balaban J connectivity index is 2.67. The second kappa shape index (κ2) is 15.0. The molecule has 2 heterocycles. The predicted molar refractivity (Wildman–Crippen MR) is 150 cm³/mol. The van der Waals surface area contributed by atoms with Gasteiger partial charge < -0.3 is 23.7 Å². The summed E-state index contributed by atoms with van der Waals surface area (Å²) in [6, 6.07) is 0. The van der Waals surface area contributed by atoms with Gasteiger partial charge in [-0.2, -0.15) is 10.1 Å². The monoisotopic (exact) mass is 624 g/mol. The van der Waals surface area contributed by atoms with Crippen molar-refractivity contribution >= 4 is 69.5 Å². The van der Waals surface area contributed by atoms with Gasteiger partial charge in [0.2, 0.25) is 11.9 Å². The number of nitrogens with one attached hydrogen (secondary N) is 1. The third-order valence-electron chi connectivity index (χ3n) is 5.54. The maximum atomic E-state index is 12.8. The molecule has 1 N–H and O–H groups in total. The zero-order valence-electron chi connectivity index (χ0n) is 24.7. The Hall–Kier alpha value is -4.67. The van der Waals surface area contributed by atoms with Crippen LogP contribution in [0, 0.1) is 13.8 Å². The summed E-state index contributed by atoms with van der Waals surface area (Å²) >= 11 is 1.23. The molecule has 0 saturated carbocycles. The zero-order valence-corrected chi connectivity index (χ0v) is 25.6. The van der Waals surface area contributed by atoms with Crippen molar-refractivity contribution in [3.63, 3.8) is 0 Å². The highest BCUT2D eigenvalue weighted by Crippen LogP contribution is 2.27. The summed E-state index contributed by atoms with van der Waals surface area (Å²) in [6.07, 6.45) is -5.82. The number of hydrazone groups is 1. The van der Waals surface area contributed by atoms with Crippen LogP contribution in [0.5, 0.6) is 0 Å². The third kappa shape index (κ3) is 9.69. The fraction of sp³-hybridized carbons (Fsp3) is 0.500. The first kappa shape index (κ1) is 34.5. The lowest BCUT2D eigenvalue weighted by atomic mass is 10.0. The molecule has 234 valence electrons. The van der Waals surface area contributed by atoms with Crippen LogP contribution in [0.4, 0.5) is 5.95 Å². The normalized spacial score (nSPS) is 13.9. The molecule has 0 aliphatic heterocycles. The van der Waals surface area contributed by atoms with Crippen molar-refractivity contribution in [2.75, 3.05) is 11.6 Å². The highest BCUT2D eigenvalue weighted by atomic mass is 32.1. The van der Waals surface area contributed by atoms with E-state index < -0.39 is 72.3 Å². The molecule has 4 atom stereocenters. The van der Waals surface area contributed by atoms with Crippen LogP contribution in [0.25, 0.3) is 10.2 Å². The first-order valence-electron chi connectivity index (χ1n) is 12.7. The molecule has 0 aliphatic carbocycles. The van der Waals surface area contributed by atoms with Crippen molar-refractivity contribution in [2.45, 2.75) is 79.8 Å². The lowest BCUT2D eigenvalue weighted by molar-refractivity contribution is -0.197. The first-order valence-corrected chi connectivity index (χ1v) is 13.5. The Morgan fingerprint density at radius 2 is 1.42 bits per heavy atom. The number of thiophene rings is 1. The summed E-state index contributed by atoms with van der Waals surface area (Å²) in [6.45, 7) is 9.19. The maximum absolute atomic E-state index is 12.8. The molecule has 0 unspecified atom stereocenters. The van der Waals surface area contributed by atoms with Gasteiger partial charge in [0.05, 0.1) is 11.6 Å². The van der Waals surface area contributed by atoms with E-state index in [1.807, 2.05) is 6.92 Å². The van der Waals surface area contributed by atoms with Crippen LogP contribution in [-0.2, 0) is 52.5 Å². The molecular formula is C26H32N4O12S. The fourth-order valence-corrected chi connectivity index (χ4v) is 4.83. The Morgan fingerprint density at radius 3 is 1.93 bits per heavy atom. The van der Waals surface area contributed by atoms with E-state index in [4.69, 9.17) is 23.7 Å². The van der Waals surface area contributed by atoms with Gasteiger partial charge in [0.15, 0.2) is 24.4 Å². The highest BCUT2D eigenvalue weighted by molar-refractivity contribution is 7.18. The molecule has 0 bridgehead atoms. The largest absolute Gasteiger partial charge is 0.462 e. The molecule has 0 spiro atoms. The Morgan fingerprint density at radius 1 is 0.860 bits per heavy atom. The molecule has 0 radical (unpaired) electrons. The number of carbonyl (C=O) groups excluding carboxylic acids is 6. The molecule has 2 aromatic rings. The Bertz CT molecular complexity index is 1500. The van der Waals surface area contributed by atoms with Gasteiger partial charge >= 0.3 is 29.8 Å². The molecule has 0 aromatic carbocycles. The van der Waals surface area contributed by atoms with E-state index in [1.54, 1.807) is 6.92 Å². The van der Waals surface area contributed by atoms with Crippen LogP contribution < -0.4 is 10.6 Å². The average molecular weight is 625 g/mol. The van der Waals surface area contributed by atoms with Gasteiger partial charge in [0.1, 0.15) is 11.4 Å². The third-order valence-corrected chi connectivity index (χ3v) is 6.64. The fourth-order valence-electron chi connectivity index (χ4n) is 3.80. The van der Waals surface area contributed by atoms with Gasteiger partial charge in [-0.3, -0.25) is 38.5 Å². The molecule has 1 amide bonds. The van der Waals surface area contributed by atoms with Crippen LogP contribution in [0.1, 0.15) is 52.0 Å². The smallest absolute Gasteiger partial charge is 0.303 e. The van der Waals surface area contributed by atoms with Crippen molar-refractivity contribution in [3.8, 4) is 0 Å². The molecular weight excluding hydrogens is 592 g/mol. The maximum Gasteiger partial charge on any atom is 0.303 e. The molecule has 16 nitrogen and oxygen atoms in total. The molecule has 2 aromatic heterocycles. The topological polar surface area (TPSA) is 210 Å². The molecule has 2 rings (SSSR count). The highest BCUT2D eigenvalue weighted by Gasteiger charge is 2.43. The number of anilines is 1. The number of amides is 1. The lowest BCUT2D eigenvalue weighted by Gasteiger charge is -2.34. The van der Waals surface area contributed by atoms with E-state index in [0.29, 0.717) is 15.2 Å². The quantitative estimate of drug-likeness (QED) is 0.153. The van der Waals surface area contributed by atoms with Crippen LogP contribution in [0.15, 0.2) is 9.90 Å². The number of H-pyrrole nitrogens is 1. The summed E-state index contributed by atoms with van der Waals surface area (Å²) < 4.78 is 26.1. The number of aromatic nitrogens is 2. The van der Waals surface area contributed by atoms with E-state index in [2.05, 4.69) is 15.1 Å². The number of fused-ring (bicyclic) bond motifs is 1. The Kier molecular flexibility index (Phi) is 12.0. The van der Waals surface area contributed by atoms with Crippen molar-refractivity contribution in [2.24, 2.45) is 5.10 Å². The van der Waals surface area contributed by atoms with Crippen LogP contribution in [-0.4, -0.2) is 83.0 Å². The number of hydrogen-bond donors (Lipinski definition) is 1. The molecule has 0 fully saturated rings. The van der Waals surface area contributed by atoms with Crippen molar-refractivity contribution < 1.29 is 52.5 Å². The predicted octanol–water partition coefficient (Wildman–Crippen LogP) is 1.23. The van der Waals surface area contributed by atoms with Gasteiger partial charge in [-0.05, 0) is 19.4 Å².